The molecule has 0 aromatic heterocycles. The zero-order valence-corrected chi connectivity index (χ0v) is 14.0. The largest absolute Gasteiger partial charge is 0.481 e. The van der Waals surface area contributed by atoms with Crippen molar-refractivity contribution in [3.8, 4) is 0 Å². The van der Waals surface area contributed by atoms with E-state index in [0.29, 0.717) is 26.3 Å². The van der Waals surface area contributed by atoms with Crippen LogP contribution in [-0.2, 0) is 14.3 Å². The highest BCUT2D eigenvalue weighted by atomic mass is 19.1. The second-order valence-corrected chi connectivity index (χ2v) is 5.64. The molecule has 1 aliphatic heterocycles. The number of carboxylic acids is 1. The lowest BCUT2D eigenvalue weighted by Crippen LogP contribution is -2.59. The molecule has 0 bridgehead atoms. The molecule has 136 valence electrons. The molecule has 1 atom stereocenters. The molecule has 1 N–H and O–H groups in total. The van der Waals surface area contributed by atoms with Crippen LogP contribution in [0, 0.1) is 5.82 Å². The van der Waals surface area contributed by atoms with E-state index in [1.54, 1.807) is 0 Å². The van der Waals surface area contributed by atoms with Crippen LogP contribution < -0.4 is 0 Å². The molecule has 1 aromatic carbocycles. The molecular weight excluding hydrogens is 331 g/mol. The van der Waals surface area contributed by atoms with Crippen LogP contribution in [0.5, 0.6) is 0 Å². The number of carbonyl (C=O) groups excluding carboxylic acids is 2. The molecule has 0 spiro atoms. The quantitative estimate of drug-likeness (QED) is 0.740. The van der Waals surface area contributed by atoms with Crippen molar-refractivity contribution in [2.75, 3.05) is 32.8 Å². The lowest BCUT2D eigenvalue weighted by Gasteiger charge is -2.40. The van der Waals surface area contributed by atoms with E-state index in [-0.39, 0.29) is 12.1 Å². The fraction of sp³-hybridized carbons (Fsp3) is 0.471. The lowest BCUT2D eigenvalue weighted by atomic mass is 10.0. The molecule has 0 saturated carbocycles. The molecule has 2 rings (SSSR count). The van der Waals surface area contributed by atoms with Gasteiger partial charge in [0.25, 0.3) is 5.91 Å². The SMILES string of the molecule is CCOCCN1CCN(C(=O)c2ccc(F)cc2)C(CC(=O)O)C1=O. The first-order valence-corrected chi connectivity index (χ1v) is 8.09. The maximum atomic E-state index is 13.0. The van der Waals surface area contributed by atoms with Crippen molar-refractivity contribution < 1.29 is 28.6 Å². The van der Waals surface area contributed by atoms with Crippen molar-refractivity contribution in [1.82, 2.24) is 9.80 Å². The number of aliphatic carboxylic acids is 1. The Kier molecular flexibility index (Phi) is 6.46. The zero-order valence-electron chi connectivity index (χ0n) is 14.0. The van der Waals surface area contributed by atoms with E-state index < -0.39 is 36.1 Å². The smallest absolute Gasteiger partial charge is 0.305 e. The standard InChI is InChI=1S/C17H21FN2O5/c1-2-25-10-9-19-7-8-20(14(17(19)24)11-15(21)22)16(23)12-3-5-13(18)6-4-12/h3-6,14H,2,7-11H2,1H3,(H,21,22). The van der Waals surface area contributed by atoms with Crippen molar-refractivity contribution in [3.05, 3.63) is 35.6 Å². The summed E-state index contributed by atoms with van der Waals surface area (Å²) in [4.78, 5) is 39.1. The molecule has 0 radical (unpaired) electrons. The van der Waals surface area contributed by atoms with Crippen LogP contribution in [0.4, 0.5) is 4.39 Å². The summed E-state index contributed by atoms with van der Waals surface area (Å²) in [6.07, 6.45) is -0.475. The Bertz CT molecular complexity index is 634. The maximum absolute atomic E-state index is 13.0. The highest BCUT2D eigenvalue weighted by Crippen LogP contribution is 2.18. The number of carboxylic acid groups (broad SMARTS) is 1. The molecule has 7 nitrogen and oxygen atoms in total. The number of piperazine rings is 1. The van der Waals surface area contributed by atoms with Crippen LogP contribution >= 0.6 is 0 Å². The van der Waals surface area contributed by atoms with Crippen LogP contribution in [0.3, 0.4) is 0 Å². The van der Waals surface area contributed by atoms with Gasteiger partial charge in [-0.25, -0.2) is 4.39 Å². The Morgan fingerprint density at radius 1 is 1.28 bits per heavy atom. The summed E-state index contributed by atoms with van der Waals surface area (Å²) in [6, 6.07) is 3.87. The van der Waals surface area contributed by atoms with Crippen LogP contribution in [0.15, 0.2) is 24.3 Å². The second kappa shape index (κ2) is 8.57. The minimum Gasteiger partial charge on any atom is -0.481 e. The monoisotopic (exact) mass is 352 g/mol. The van der Waals surface area contributed by atoms with Gasteiger partial charge in [0.15, 0.2) is 0 Å². The summed E-state index contributed by atoms with van der Waals surface area (Å²) in [5, 5.41) is 9.11. The molecule has 1 unspecified atom stereocenters. The van der Waals surface area contributed by atoms with Crippen molar-refractivity contribution in [2.45, 2.75) is 19.4 Å². The van der Waals surface area contributed by atoms with Crippen molar-refractivity contribution in [3.63, 3.8) is 0 Å². The molecule has 1 aliphatic rings. The van der Waals surface area contributed by atoms with Gasteiger partial charge in [-0.1, -0.05) is 0 Å². The molecular formula is C17H21FN2O5. The summed E-state index contributed by atoms with van der Waals surface area (Å²) in [7, 11) is 0. The Morgan fingerprint density at radius 2 is 1.96 bits per heavy atom. The van der Waals surface area contributed by atoms with Crippen molar-refractivity contribution >= 4 is 17.8 Å². The Morgan fingerprint density at radius 3 is 2.56 bits per heavy atom. The number of rotatable bonds is 7. The molecule has 0 aliphatic carbocycles. The predicted octanol–water partition coefficient (Wildman–Crippen LogP) is 0.990. The lowest BCUT2D eigenvalue weighted by molar-refractivity contribution is -0.148. The third kappa shape index (κ3) is 4.76. The van der Waals surface area contributed by atoms with Gasteiger partial charge in [-0.15, -0.1) is 0 Å². The minimum atomic E-state index is -1.16. The highest BCUT2D eigenvalue weighted by molar-refractivity contribution is 5.99. The number of hydrogen-bond donors (Lipinski definition) is 1. The third-order valence-corrected chi connectivity index (χ3v) is 4.01. The van der Waals surface area contributed by atoms with Crippen LogP contribution in [0.2, 0.25) is 0 Å². The third-order valence-electron chi connectivity index (χ3n) is 4.01. The summed E-state index contributed by atoms with van der Waals surface area (Å²) in [6.45, 7) is 3.58. The van der Waals surface area contributed by atoms with E-state index in [4.69, 9.17) is 9.84 Å². The Balaban J connectivity index is 2.16. The number of benzene rings is 1. The zero-order chi connectivity index (χ0) is 18.4. The number of carbonyl (C=O) groups is 3. The van der Waals surface area contributed by atoms with Gasteiger partial charge in [-0.05, 0) is 31.2 Å². The van der Waals surface area contributed by atoms with Gasteiger partial charge in [-0.3, -0.25) is 14.4 Å². The predicted molar refractivity (Wildman–Crippen MR) is 86.6 cm³/mol. The minimum absolute atomic E-state index is 0.214. The highest BCUT2D eigenvalue weighted by Gasteiger charge is 2.38. The maximum Gasteiger partial charge on any atom is 0.305 e. The Hall–Kier alpha value is -2.48. The molecule has 1 fully saturated rings. The average molecular weight is 352 g/mol. The fourth-order valence-electron chi connectivity index (χ4n) is 2.74. The number of amides is 2. The van der Waals surface area contributed by atoms with Crippen LogP contribution in [-0.4, -0.2) is 71.6 Å². The molecule has 1 aromatic rings. The van der Waals surface area contributed by atoms with Gasteiger partial charge in [0.2, 0.25) is 5.91 Å². The fourth-order valence-corrected chi connectivity index (χ4v) is 2.74. The van der Waals surface area contributed by atoms with E-state index in [1.807, 2.05) is 6.92 Å². The molecule has 1 saturated heterocycles. The molecule has 2 amide bonds. The van der Waals surface area contributed by atoms with E-state index in [0.717, 1.165) is 12.1 Å². The summed E-state index contributed by atoms with van der Waals surface area (Å²) in [5.74, 6) is -2.54. The normalized spacial score (nSPS) is 17.7. The number of halogens is 1. The van der Waals surface area contributed by atoms with Crippen molar-refractivity contribution in [1.29, 1.82) is 0 Å². The molecule has 25 heavy (non-hydrogen) atoms. The van der Waals surface area contributed by atoms with Gasteiger partial charge in [-0.2, -0.15) is 0 Å². The van der Waals surface area contributed by atoms with Gasteiger partial charge >= 0.3 is 5.97 Å². The van der Waals surface area contributed by atoms with Gasteiger partial charge in [0.05, 0.1) is 13.0 Å². The van der Waals surface area contributed by atoms with Gasteiger partial charge < -0.3 is 19.6 Å². The number of ether oxygens (including phenoxy) is 1. The van der Waals surface area contributed by atoms with Gasteiger partial charge in [0.1, 0.15) is 11.9 Å². The molecule has 8 heteroatoms. The van der Waals surface area contributed by atoms with E-state index >= 15 is 0 Å². The van der Waals surface area contributed by atoms with Crippen LogP contribution in [0.25, 0.3) is 0 Å². The van der Waals surface area contributed by atoms with Crippen LogP contribution in [0.1, 0.15) is 23.7 Å². The first kappa shape index (κ1) is 18.9. The first-order valence-electron chi connectivity index (χ1n) is 8.09. The Labute approximate surface area is 145 Å². The second-order valence-electron chi connectivity index (χ2n) is 5.64. The summed E-state index contributed by atoms with van der Waals surface area (Å²) in [5.41, 5.74) is 0.215. The topological polar surface area (TPSA) is 87.2 Å². The molecule has 1 heterocycles. The van der Waals surface area contributed by atoms with E-state index in [1.165, 1.54) is 21.9 Å². The van der Waals surface area contributed by atoms with Gasteiger partial charge in [0, 0.05) is 31.8 Å². The van der Waals surface area contributed by atoms with E-state index in [2.05, 4.69) is 0 Å². The first-order chi connectivity index (χ1) is 11.9. The summed E-state index contributed by atoms with van der Waals surface area (Å²) < 4.78 is 18.3. The summed E-state index contributed by atoms with van der Waals surface area (Å²) >= 11 is 0. The number of nitrogens with zero attached hydrogens (tertiary/aromatic N) is 2. The van der Waals surface area contributed by atoms with E-state index in [9.17, 15) is 18.8 Å². The average Bonchev–Trinajstić information content (AvgIpc) is 2.58. The number of hydrogen-bond acceptors (Lipinski definition) is 4. The van der Waals surface area contributed by atoms with Crippen molar-refractivity contribution in [2.24, 2.45) is 0 Å².